The number of benzene rings is 3. The molecule has 0 saturated carbocycles. The van der Waals surface area contributed by atoms with Gasteiger partial charge in [-0.15, -0.1) is 0 Å². The molecule has 3 aromatic carbocycles. The van der Waals surface area contributed by atoms with Crippen molar-refractivity contribution in [3.8, 4) is 0 Å². The van der Waals surface area contributed by atoms with Gasteiger partial charge in [-0.25, -0.2) is 16.8 Å². The molecule has 196 valence electrons. The lowest BCUT2D eigenvalue weighted by Crippen LogP contribution is -2.53. The van der Waals surface area contributed by atoms with Crippen LogP contribution in [0.4, 0.5) is 5.69 Å². The predicted octanol–water partition coefficient (Wildman–Crippen LogP) is 4.03. The lowest BCUT2D eigenvalue weighted by molar-refractivity contribution is -0.130. The van der Waals surface area contributed by atoms with Gasteiger partial charge in [0.1, 0.15) is 6.54 Å². The molecule has 0 aliphatic carbocycles. The normalized spacial score (nSPS) is 14.9. The van der Waals surface area contributed by atoms with Crippen molar-refractivity contribution in [1.82, 2.24) is 9.21 Å². The SMILES string of the molecule is Cc1ccc(S(=O)(=O)N2CCN(C(=O)CN(c3cccc(Cl)c3)S(=O)(=O)c3ccc(Cl)cc3)CC2)cc1. The second-order valence-electron chi connectivity index (χ2n) is 8.54. The molecule has 1 fully saturated rings. The zero-order valence-electron chi connectivity index (χ0n) is 19.9. The first-order chi connectivity index (χ1) is 17.5. The van der Waals surface area contributed by atoms with Crippen molar-refractivity contribution in [2.45, 2.75) is 16.7 Å². The molecule has 1 saturated heterocycles. The molecule has 1 aliphatic heterocycles. The van der Waals surface area contributed by atoms with E-state index in [0.717, 1.165) is 9.87 Å². The number of hydrogen-bond donors (Lipinski definition) is 0. The Morgan fingerprint density at radius 2 is 1.41 bits per heavy atom. The van der Waals surface area contributed by atoms with Crippen molar-refractivity contribution in [2.24, 2.45) is 0 Å². The summed E-state index contributed by atoms with van der Waals surface area (Å²) in [6.07, 6.45) is 0. The van der Waals surface area contributed by atoms with Crippen LogP contribution in [0, 0.1) is 6.92 Å². The second kappa shape index (κ2) is 11.0. The molecule has 3 aromatic rings. The van der Waals surface area contributed by atoms with Gasteiger partial charge in [-0.1, -0.05) is 47.0 Å². The van der Waals surface area contributed by atoms with Gasteiger partial charge < -0.3 is 4.90 Å². The van der Waals surface area contributed by atoms with Gasteiger partial charge in [-0.2, -0.15) is 4.31 Å². The average Bonchev–Trinajstić information content (AvgIpc) is 2.87. The maximum atomic E-state index is 13.5. The summed E-state index contributed by atoms with van der Waals surface area (Å²) >= 11 is 12.0. The number of hydrogen-bond acceptors (Lipinski definition) is 5. The highest BCUT2D eigenvalue weighted by Crippen LogP contribution is 2.27. The molecule has 1 amide bonds. The van der Waals surface area contributed by atoms with Crippen LogP contribution in [-0.2, 0) is 24.8 Å². The molecule has 1 aliphatic rings. The standard InChI is InChI=1S/C25H25Cl2N3O5S2/c1-19-5-9-23(10-6-19)36(32,33)29-15-13-28(14-16-29)25(31)18-30(22-4-2-3-21(27)17-22)37(34,35)24-11-7-20(26)8-12-24/h2-12,17H,13-16,18H2,1H3. The van der Waals surface area contributed by atoms with Gasteiger partial charge in [0.15, 0.2) is 0 Å². The number of halogens is 2. The number of carbonyl (C=O) groups excluding carboxylic acids is 1. The smallest absolute Gasteiger partial charge is 0.264 e. The van der Waals surface area contributed by atoms with E-state index < -0.39 is 32.5 Å². The Labute approximate surface area is 227 Å². The summed E-state index contributed by atoms with van der Waals surface area (Å²) < 4.78 is 55.4. The lowest BCUT2D eigenvalue weighted by Gasteiger charge is -2.35. The van der Waals surface area contributed by atoms with Crippen LogP contribution in [-0.4, -0.2) is 64.7 Å². The highest BCUT2D eigenvalue weighted by Gasteiger charge is 2.33. The Morgan fingerprint density at radius 3 is 2.00 bits per heavy atom. The van der Waals surface area contributed by atoms with Gasteiger partial charge >= 0.3 is 0 Å². The van der Waals surface area contributed by atoms with Crippen LogP contribution in [0.3, 0.4) is 0 Å². The van der Waals surface area contributed by atoms with Gasteiger partial charge in [0.25, 0.3) is 10.0 Å². The molecular weight excluding hydrogens is 557 g/mol. The van der Waals surface area contributed by atoms with Crippen molar-refractivity contribution >= 4 is 54.8 Å². The average molecular weight is 583 g/mol. The van der Waals surface area contributed by atoms with Crippen LogP contribution in [0.1, 0.15) is 5.56 Å². The Balaban J connectivity index is 1.52. The minimum atomic E-state index is -4.13. The number of rotatable bonds is 7. The van der Waals surface area contributed by atoms with Crippen LogP contribution >= 0.6 is 23.2 Å². The third-order valence-electron chi connectivity index (χ3n) is 6.03. The zero-order chi connectivity index (χ0) is 26.8. The molecule has 0 N–H and O–H groups in total. The van der Waals surface area contributed by atoms with E-state index >= 15 is 0 Å². The minimum Gasteiger partial charge on any atom is -0.338 e. The Morgan fingerprint density at radius 1 is 0.811 bits per heavy atom. The van der Waals surface area contributed by atoms with Crippen LogP contribution in [0.5, 0.6) is 0 Å². The van der Waals surface area contributed by atoms with E-state index in [4.69, 9.17) is 23.2 Å². The number of anilines is 1. The maximum Gasteiger partial charge on any atom is 0.264 e. The summed E-state index contributed by atoms with van der Waals surface area (Å²) in [5, 5.41) is 0.693. The van der Waals surface area contributed by atoms with Crippen molar-refractivity contribution in [2.75, 3.05) is 37.0 Å². The van der Waals surface area contributed by atoms with Gasteiger partial charge in [-0.3, -0.25) is 9.10 Å². The van der Waals surface area contributed by atoms with E-state index in [-0.39, 0.29) is 41.7 Å². The molecular formula is C25H25Cl2N3O5S2. The zero-order valence-corrected chi connectivity index (χ0v) is 23.1. The van der Waals surface area contributed by atoms with Crippen LogP contribution in [0.15, 0.2) is 82.6 Å². The fourth-order valence-electron chi connectivity index (χ4n) is 3.94. The van der Waals surface area contributed by atoms with Gasteiger partial charge in [0.2, 0.25) is 15.9 Å². The number of piperazine rings is 1. The maximum absolute atomic E-state index is 13.5. The monoisotopic (exact) mass is 581 g/mol. The molecule has 8 nitrogen and oxygen atoms in total. The molecule has 4 rings (SSSR count). The topological polar surface area (TPSA) is 95.1 Å². The first kappa shape index (κ1) is 27.4. The quantitative estimate of drug-likeness (QED) is 0.420. The van der Waals surface area contributed by atoms with Gasteiger partial charge in [-0.05, 0) is 61.5 Å². The number of amides is 1. The lowest BCUT2D eigenvalue weighted by atomic mass is 10.2. The van der Waals surface area contributed by atoms with E-state index in [9.17, 15) is 21.6 Å². The molecule has 1 heterocycles. The highest BCUT2D eigenvalue weighted by atomic mass is 35.5. The summed E-state index contributed by atoms with van der Waals surface area (Å²) in [5.74, 6) is -0.454. The second-order valence-corrected chi connectivity index (χ2v) is 13.2. The summed E-state index contributed by atoms with van der Waals surface area (Å²) in [5.41, 5.74) is 1.18. The van der Waals surface area contributed by atoms with Crippen molar-refractivity contribution in [1.29, 1.82) is 0 Å². The first-order valence-corrected chi connectivity index (χ1v) is 15.0. The molecule has 0 atom stereocenters. The minimum absolute atomic E-state index is 0.0290. The number of carbonyl (C=O) groups is 1. The summed E-state index contributed by atoms with van der Waals surface area (Å²) in [7, 11) is -7.83. The number of sulfonamides is 2. The Hall–Kier alpha value is -2.63. The van der Waals surface area contributed by atoms with Gasteiger partial charge in [0.05, 0.1) is 15.5 Å². The van der Waals surface area contributed by atoms with E-state index in [0.29, 0.717) is 10.0 Å². The molecule has 12 heteroatoms. The highest BCUT2D eigenvalue weighted by molar-refractivity contribution is 7.92. The fraction of sp³-hybridized carbons (Fsp3) is 0.240. The van der Waals surface area contributed by atoms with E-state index in [1.165, 1.54) is 39.5 Å². The molecule has 0 radical (unpaired) electrons. The molecule has 0 aromatic heterocycles. The third-order valence-corrected chi connectivity index (χ3v) is 10.2. The van der Waals surface area contributed by atoms with Crippen molar-refractivity contribution in [3.05, 3.63) is 88.4 Å². The molecule has 37 heavy (non-hydrogen) atoms. The van der Waals surface area contributed by atoms with Crippen molar-refractivity contribution < 1.29 is 21.6 Å². The van der Waals surface area contributed by atoms with E-state index in [1.807, 2.05) is 6.92 Å². The van der Waals surface area contributed by atoms with Gasteiger partial charge in [0, 0.05) is 36.2 Å². The van der Waals surface area contributed by atoms with Crippen LogP contribution < -0.4 is 4.31 Å². The molecule has 0 unspecified atom stereocenters. The van der Waals surface area contributed by atoms with Crippen molar-refractivity contribution in [3.63, 3.8) is 0 Å². The van der Waals surface area contributed by atoms with Crippen LogP contribution in [0.2, 0.25) is 10.0 Å². The molecule has 0 spiro atoms. The summed E-state index contributed by atoms with van der Waals surface area (Å²) in [6, 6.07) is 18.5. The number of aryl methyl sites for hydroxylation is 1. The summed E-state index contributed by atoms with van der Waals surface area (Å²) in [4.78, 5) is 14.9. The molecule has 0 bridgehead atoms. The van der Waals surface area contributed by atoms with E-state index in [1.54, 1.807) is 42.5 Å². The van der Waals surface area contributed by atoms with Crippen LogP contribution in [0.25, 0.3) is 0 Å². The third kappa shape index (κ3) is 6.10. The predicted molar refractivity (Wildman–Crippen MR) is 144 cm³/mol. The first-order valence-electron chi connectivity index (χ1n) is 11.4. The summed E-state index contributed by atoms with van der Waals surface area (Å²) in [6.45, 7) is 1.87. The fourth-order valence-corrected chi connectivity index (χ4v) is 7.08. The number of nitrogens with zero attached hydrogens (tertiary/aromatic N) is 3. The Kier molecular flexibility index (Phi) is 8.15. The Bertz CT molecular complexity index is 1490. The largest absolute Gasteiger partial charge is 0.338 e. The van der Waals surface area contributed by atoms with E-state index in [2.05, 4.69) is 0 Å².